The lowest BCUT2D eigenvalue weighted by Gasteiger charge is -2.34. The van der Waals surface area contributed by atoms with Gasteiger partial charge in [0.15, 0.2) is 0 Å². The number of hydrogen-bond acceptors (Lipinski definition) is 3. The summed E-state index contributed by atoms with van der Waals surface area (Å²) in [6.45, 7) is 0. The van der Waals surface area contributed by atoms with Crippen LogP contribution in [0.1, 0.15) is 30.9 Å². The van der Waals surface area contributed by atoms with Crippen LogP contribution in [-0.2, 0) is 0 Å². The SMILES string of the molecule is Cl.N[C@H](c1cc(Br)cc(Br)c1O)[C@@H](O)C1CCC1. The second-order valence-corrected chi connectivity index (χ2v) is 6.30. The van der Waals surface area contributed by atoms with Gasteiger partial charge in [0.05, 0.1) is 16.6 Å². The maximum Gasteiger partial charge on any atom is 0.134 e. The van der Waals surface area contributed by atoms with Gasteiger partial charge < -0.3 is 15.9 Å². The van der Waals surface area contributed by atoms with Crippen LogP contribution in [0.3, 0.4) is 0 Å². The molecule has 4 N–H and O–H groups in total. The van der Waals surface area contributed by atoms with E-state index >= 15 is 0 Å². The highest BCUT2D eigenvalue weighted by Crippen LogP contribution is 2.39. The van der Waals surface area contributed by atoms with E-state index in [9.17, 15) is 10.2 Å². The first-order valence-corrected chi connectivity index (χ1v) is 7.21. The Kier molecular flexibility index (Phi) is 5.93. The van der Waals surface area contributed by atoms with E-state index < -0.39 is 12.1 Å². The zero-order valence-corrected chi connectivity index (χ0v) is 13.6. The molecule has 102 valence electrons. The number of hydrogen-bond donors (Lipinski definition) is 3. The lowest BCUT2D eigenvalue weighted by atomic mass is 9.77. The summed E-state index contributed by atoms with van der Waals surface area (Å²) in [6.07, 6.45) is 2.61. The Bertz CT molecular complexity index is 427. The molecular formula is C12H16Br2ClNO2. The van der Waals surface area contributed by atoms with Crippen molar-refractivity contribution in [1.82, 2.24) is 0 Å². The predicted octanol–water partition coefficient (Wildman–Crippen LogP) is 3.50. The molecule has 0 spiro atoms. The molecule has 18 heavy (non-hydrogen) atoms. The highest BCUT2D eigenvalue weighted by Gasteiger charge is 2.32. The van der Waals surface area contributed by atoms with Gasteiger partial charge in [0, 0.05) is 10.0 Å². The lowest BCUT2D eigenvalue weighted by molar-refractivity contribution is 0.0407. The van der Waals surface area contributed by atoms with Gasteiger partial charge in [-0.05, 0) is 46.8 Å². The molecule has 0 saturated heterocycles. The minimum Gasteiger partial charge on any atom is -0.506 e. The van der Waals surface area contributed by atoms with Gasteiger partial charge in [-0.3, -0.25) is 0 Å². The van der Waals surface area contributed by atoms with E-state index in [1.54, 1.807) is 12.1 Å². The molecule has 0 unspecified atom stereocenters. The van der Waals surface area contributed by atoms with Gasteiger partial charge in [0.2, 0.25) is 0 Å². The molecule has 0 aromatic heterocycles. The average molecular weight is 402 g/mol. The average Bonchev–Trinajstić information content (AvgIpc) is 2.19. The predicted molar refractivity (Wildman–Crippen MR) is 81.0 cm³/mol. The monoisotopic (exact) mass is 399 g/mol. The number of halogens is 3. The molecule has 1 aromatic carbocycles. The molecule has 0 aliphatic heterocycles. The summed E-state index contributed by atoms with van der Waals surface area (Å²) >= 11 is 6.62. The van der Waals surface area contributed by atoms with Crippen LogP contribution in [0.25, 0.3) is 0 Å². The van der Waals surface area contributed by atoms with E-state index in [4.69, 9.17) is 5.73 Å². The fourth-order valence-electron chi connectivity index (χ4n) is 2.10. The molecule has 0 amide bonds. The molecule has 2 rings (SSSR count). The maximum absolute atomic E-state index is 10.1. The largest absolute Gasteiger partial charge is 0.506 e. The quantitative estimate of drug-likeness (QED) is 0.726. The van der Waals surface area contributed by atoms with Crippen molar-refractivity contribution in [2.45, 2.75) is 31.4 Å². The van der Waals surface area contributed by atoms with Gasteiger partial charge in [-0.15, -0.1) is 12.4 Å². The smallest absolute Gasteiger partial charge is 0.134 e. The fourth-order valence-corrected chi connectivity index (χ4v) is 3.36. The summed E-state index contributed by atoms with van der Waals surface area (Å²) in [5, 5.41) is 20.1. The molecule has 1 aromatic rings. The van der Waals surface area contributed by atoms with Crippen LogP contribution in [-0.4, -0.2) is 16.3 Å². The number of phenols is 1. The van der Waals surface area contributed by atoms with Crippen molar-refractivity contribution in [2.24, 2.45) is 11.7 Å². The van der Waals surface area contributed by atoms with Crippen LogP contribution >= 0.6 is 44.3 Å². The molecule has 1 saturated carbocycles. The zero-order valence-electron chi connectivity index (χ0n) is 9.64. The van der Waals surface area contributed by atoms with Gasteiger partial charge >= 0.3 is 0 Å². The van der Waals surface area contributed by atoms with Crippen LogP contribution in [0.4, 0.5) is 0 Å². The van der Waals surface area contributed by atoms with Crippen molar-refractivity contribution in [3.05, 3.63) is 26.6 Å². The van der Waals surface area contributed by atoms with Gasteiger partial charge in [0.1, 0.15) is 5.75 Å². The molecule has 0 heterocycles. The van der Waals surface area contributed by atoms with E-state index in [0.717, 1.165) is 23.7 Å². The zero-order chi connectivity index (χ0) is 12.6. The van der Waals surface area contributed by atoms with Crippen LogP contribution in [0.15, 0.2) is 21.1 Å². The standard InChI is InChI=1S/C12H15Br2NO2.ClH/c13-7-4-8(12(17)9(14)5-7)10(15)11(16)6-2-1-3-6;/h4-6,10-11,16-17H,1-3,15H2;1H/t10-,11+;/m1./s1. The molecule has 2 atom stereocenters. The van der Waals surface area contributed by atoms with Crippen molar-refractivity contribution in [1.29, 1.82) is 0 Å². The molecule has 0 radical (unpaired) electrons. The van der Waals surface area contributed by atoms with E-state index in [2.05, 4.69) is 31.9 Å². The molecule has 1 fully saturated rings. The second-order valence-electron chi connectivity index (χ2n) is 4.53. The van der Waals surface area contributed by atoms with Crippen LogP contribution in [0.2, 0.25) is 0 Å². The van der Waals surface area contributed by atoms with Crippen molar-refractivity contribution in [3.8, 4) is 5.75 Å². The molecule has 1 aliphatic carbocycles. The Morgan fingerprint density at radius 3 is 2.39 bits per heavy atom. The number of aromatic hydroxyl groups is 1. The third-order valence-electron chi connectivity index (χ3n) is 3.42. The summed E-state index contributed by atoms with van der Waals surface area (Å²) in [5.74, 6) is 0.376. The normalized spacial score (nSPS) is 18.7. The van der Waals surface area contributed by atoms with Crippen LogP contribution in [0.5, 0.6) is 5.75 Å². The molecular weight excluding hydrogens is 385 g/mol. The summed E-state index contributed by atoms with van der Waals surface area (Å²) in [5.41, 5.74) is 6.61. The third kappa shape index (κ3) is 3.20. The minimum absolute atomic E-state index is 0. The number of phenolic OH excluding ortho intramolecular Hbond substituents is 1. The van der Waals surface area contributed by atoms with Gasteiger partial charge in [-0.25, -0.2) is 0 Å². The number of aliphatic hydroxyl groups excluding tert-OH is 1. The number of rotatable bonds is 3. The van der Waals surface area contributed by atoms with Gasteiger partial charge in [-0.1, -0.05) is 22.4 Å². The second kappa shape index (κ2) is 6.57. The third-order valence-corrected chi connectivity index (χ3v) is 4.48. The highest BCUT2D eigenvalue weighted by molar-refractivity contribution is 9.11. The molecule has 6 heteroatoms. The Labute approximate surface area is 129 Å². The summed E-state index contributed by atoms with van der Waals surface area (Å²) < 4.78 is 1.41. The summed E-state index contributed by atoms with van der Waals surface area (Å²) in [6, 6.07) is 2.96. The Morgan fingerprint density at radius 2 is 1.89 bits per heavy atom. The van der Waals surface area contributed by atoms with E-state index in [-0.39, 0.29) is 24.1 Å². The van der Waals surface area contributed by atoms with Crippen molar-refractivity contribution < 1.29 is 10.2 Å². The topological polar surface area (TPSA) is 66.5 Å². The van der Waals surface area contributed by atoms with Crippen molar-refractivity contribution >= 4 is 44.3 Å². The first kappa shape index (κ1) is 16.2. The minimum atomic E-state index is -0.587. The summed E-state index contributed by atoms with van der Waals surface area (Å²) in [7, 11) is 0. The molecule has 1 aliphatic rings. The Hall–Kier alpha value is 0.190. The van der Waals surface area contributed by atoms with Crippen molar-refractivity contribution in [2.75, 3.05) is 0 Å². The number of benzene rings is 1. The van der Waals surface area contributed by atoms with Gasteiger partial charge in [0.25, 0.3) is 0 Å². The summed E-state index contributed by atoms with van der Waals surface area (Å²) in [4.78, 5) is 0. The first-order valence-electron chi connectivity index (χ1n) is 5.62. The van der Waals surface area contributed by atoms with Gasteiger partial charge in [-0.2, -0.15) is 0 Å². The Balaban J connectivity index is 0.00000162. The molecule has 0 bridgehead atoms. The van der Waals surface area contributed by atoms with E-state index in [1.807, 2.05) is 0 Å². The first-order chi connectivity index (χ1) is 8.00. The fraction of sp³-hybridized carbons (Fsp3) is 0.500. The van der Waals surface area contributed by atoms with Crippen LogP contribution < -0.4 is 5.73 Å². The molecule has 3 nitrogen and oxygen atoms in total. The number of nitrogens with two attached hydrogens (primary N) is 1. The van der Waals surface area contributed by atoms with Crippen LogP contribution in [0, 0.1) is 5.92 Å². The van der Waals surface area contributed by atoms with Crippen molar-refractivity contribution in [3.63, 3.8) is 0 Å². The number of aliphatic hydroxyl groups is 1. The lowest BCUT2D eigenvalue weighted by Crippen LogP contribution is -2.36. The highest BCUT2D eigenvalue weighted by atomic mass is 79.9. The maximum atomic E-state index is 10.1. The Morgan fingerprint density at radius 1 is 1.28 bits per heavy atom. The van der Waals surface area contributed by atoms with E-state index in [0.29, 0.717) is 10.0 Å². The van der Waals surface area contributed by atoms with E-state index in [1.165, 1.54) is 0 Å².